The van der Waals surface area contributed by atoms with E-state index in [9.17, 15) is 4.79 Å². The lowest BCUT2D eigenvalue weighted by atomic mass is 10.2. The maximum Gasteiger partial charge on any atom is 0.257 e. The molecule has 3 aromatic rings. The molecule has 2 fully saturated rings. The summed E-state index contributed by atoms with van der Waals surface area (Å²) in [5.41, 5.74) is 3.85. The number of carbonyl (C=O) groups excluding carboxylic acids is 1. The van der Waals surface area contributed by atoms with E-state index in [0.29, 0.717) is 18.7 Å². The predicted molar refractivity (Wildman–Crippen MR) is 113 cm³/mol. The zero-order valence-corrected chi connectivity index (χ0v) is 16.4. The van der Waals surface area contributed by atoms with Crippen LogP contribution in [0.2, 0.25) is 0 Å². The van der Waals surface area contributed by atoms with E-state index in [1.165, 1.54) is 11.4 Å². The van der Waals surface area contributed by atoms with Gasteiger partial charge in [0.05, 0.1) is 18.8 Å². The van der Waals surface area contributed by atoms with Crippen molar-refractivity contribution < 1.29 is 9.53 Å². The standard InChI is InChI=1S/C22H25N5O2/c28-22(20-5-2-7-26-8-6-23-21(20)26)27-11-9-24(10-12-27)18-3-1-4-19(17-18)25-13-15-29-16-14-25/h1-8,17H,9-16H2. The van der Waals surface area contributed by atoms with Gasteiger partial charge in [-0.3, -0.25) is 4.79 Å². The number of hydrogen-bond acceptors (Lipinski definition) is 5. The van der Waals surface area contributed by atoms with E-state index in [0.717, 1.165) is 45.0 Å². The van der Waals surface area contributed by atoms with E-state index in [-0.39, 0.29) is 5.91 Å². The fraction of sp³-hybridized carbons (Fsp3) is 0.364. The molecule has 0 radical (unpaired) electrons. The zero-order valence-electron chi connectivity index (χ0n) is 16.4. The van der Waals surface area contributed by atoms with Gasteiger partial charge in [-0.25, -0.2) is 4.98 Å². The maximum absolute atomic E-state index is 13.1. The first-order valence-electron chi connectivity index (χ1n) is 10.2. The maximum atomic E-state index is 13.1. The molecule has 2 aromatic heterocycles. The number of pyridine rings is 1. The number of fused-ring (bicyclic) bond motifs is 1. The third-order valence-corrected chi connectivity index (χ3v) is 5.79. The van der Waals surface area contributed by atoms with E-state index >= 15 is 0 Å². The summed E-state index contributed by atoms with van der Waals surface area (Å²) in [6, 6.07) is 12.5. The molecular formula is C22H25N5O2. The second-order valence-corrected chi connectivity index (χ2v) is 7.48. The molecule has 2 aliphatic heterocycles. The molecule has 0 unspecified atom stereocenters. The van der Waals surface area contributed by atoms with Crippen LogP contribution in [0.3, 0.4) is 0 Å². The van der Waals surface area contributed by atoms with Gasteiger partial charge in [0, 0.05) is 69.2 Å². The van der Waals surface area contributed by atoms with Crippen LogP contribution in [0.1, 0.15) is 10.4 Å². The highest BCUT2D eigenvalue weighted by Crippen LogP contribution is 2.25. The number of morpholine rings is 1. The summed E-state index contributed by atoms with van der Waals surface area (Å²) in [5, 5.41) is 0. The van der Waals surface area contributed by atoms with Crippen molar-refractivity contribution in [2.45, 2.75) is 0 Å². The first-order chi connectivity index (χ1) is 14.3. The van der Waals surface area contributed by atoms with Crippen LogP contribution in [-0.4, -0.2) is 72.7 Å². The van der Waals surface area contributed by atoms with Gasteiger partial charge in [-0.05, 0) is 30.3 Å². The Hall–Kier alpha value is -3.06. The van der Waals surface area contributed by atoms with Crippen LogP contribution in [0.4, 0.5) is 11.4 Å². The van der Waals surface area contributed by atoms with E-state index in [4.69, 9.17) is 4.74 Å². The topological polar surface area (TPSA) is 53.3 Å². The van der Waals surface area contributed by atoms with Crippen LogP contribution in [-0.2, 0) is 4.74 Å². The summed E-state index contributed by atoms with van der Waals surface area (Å²) >= 11 is 0. The van der Waals surface area contributed by atoms with E-state index in [2.05, 4.69) is 39.0 Å². The first kappa shape index (κ1) is 18.0. The fourth-order valence-electron chi connectivity index (χ4n) is 4.16. The number of amides is 1. The van der Waals surface area contributed by atoms with Crippen LogP contribution >= 0.6 is 0 Å². The van der Waals surface area contributed by atoms with Crippen LogP contribution in [0.15, 0.2) is 55.0 Å². The van der Waals surface area contributed by atoms with E-state index in [1.807, 2.05) is 33.8 Å². The van der Waals surface area contributed by atoms with Crippen molar-refractivity contribution in [2.75, 3.05) is 62.3 Å². The van der Waals surface area contributed by atoms with Gasteiger partial charge in [0.15, 0.2) is 0 Å². The summed E-state index contributed by atoms with van der Waals surface area (Å²) < 4.78 is 7.35. The summed E-state index contributed by atoms with van der Waals surface area (Å²) in [5.74, 6) is 0.0588. The van der Waals surface area contributed by atoms with Gasteiger partial charge in [-0.2, -0.15) is 0 Å². The Bertz CT molecular complexity index is 1000. The molecule has 5 rings (SSSR count). The number of imidazole rings is 1. The lowest BCUT2D eigenvalue weighted by Gasteiger charge is -2.37. The molecule has 0 atom stereocenters. The highest BCUT2D eigenvalue weighted by atomic mass is 16.5. The average molecular weight is 391 g/mol. The van der Waals surface area contributed by atoms with Crippen molar-refractivity contribution in [3.63, 3.8) is 0 Å². The van der Waals surface area contributed by atoms with Crippen LogP contribution < -0.4 is 9.80 Å². The molecule has 0 N–H and O–H groups in total. The minimum absolute atomic E-state index is 0.0588. The molecule has 29 heavy (non-hydrogen) atoms. The van der Waals surface area contributed by atoms with Gasteiger partial charge in [-0.15, -0.1) is 0 Å². The number of piperazine rings is 1. The third kappa shape index (κ3) is 3.53. The highest BCUT2D eigenvalue weighted by molar-refractivity contribution is 5.99. The molecule has 0 bridgehead atoms. The Morgan fingerprint density at radius 2 is 1.59 bits per heavy atom. The molecule has 150 valence electrons. The molecule has 2 aliphatic rings. The molecule has 2 saturated heterocycles. The summed E-state index contributed by atoms with van der Waals surface area (Å²) in [6.07, 6.45) is 5.51. The molecule has 7 nitrogen and oxygen atoms in total. The van der Waals surface area contributed by atoms with E-state index in [1.54, 1.807) is 6.20 Å². The molecule has 0 aliphatic carbocycles. The van der Waals surface area contributed by atoms with Crippen molar-refractivity contribution in [3.05, 3.63) is 60.6 Å². The number of anilines is 2. The quantitative estimate of drug-likeness (QED) is 0.685. The molecule has 7 heteroatoms. The molecule has 0 saturated carbocycles. The largest absolute Gasteiger partial charge is 0.378 e. The van der Waals surface area contributed by atoms with E-state index < -0.39 is 0 Å². The highest BCUT2D eigenvalue weighted by Gasteiger charge is 2.24. The Balaban J connectivity index is 1.27. The number of benzene rings is 1. The van der Waals surface area contributed by atoms with Crippen molar-refractivity contribution in [1.29, 1.82) is 0 Å². The van der Waals surface area contributed by atoms with Gasteiger partial charge >= 0.3 is 0 Å². The minimum Gasteiger partial charge on any atom is -0.378 e. The lowest BCUT2D eigenvalue weighted by molar-refractivity contribution is 0.0748. The Morgan fingerprint density at radius 3 is 2.34 bits per heavy atom. The van der Waals surface area contributed by atoms with Crippen LogP contribution in [0.5, 0.6) is 0 Å². The number of aromatic nitrogens is 2. The number of nitrogens with zero attached hydrogens (tertiary/aromatic N) is 5. The normalized spacial score (nSPS) is 17.7. The Labute approximate surface area is 170 Å². The summed E-state index contributed by atoms with van der Waals surface area (Å²) in [4.78, 5) is 24.1. The van der Waals surface area contributed by atoms with Gasteiger partial charge in [0.2, 0.25) is 0 Å². The lowest BCUT2D eigenvalue weighted by Crippen LogP contribution is -2.49. The smallest absolute Gasteiger partial charge is 0.257 e. The Kier molecular flexibility index (Phi) is 4.81. The number of carbonyl (C=O) groups is 1. The monoisotopic (exact) mass is 391 g/mol. The van der Waals surface area contributed by atoms with Gasteiger partial charge in [0.1, 0.15) is 5.65 Å². The number of ether oxygens (including phenoxy) is 1. The minimum atomic E-state index is 0.0588. The SMILES string of the molecule is O=C(c1cccn2ccnc12)N1CCN(c2cccc(N3CCOCC3)c2)CC1. The summed E-state index contributed by atoms with van der Waals surface area (Å²) in [7, 11) is 0. The van der Waals surface area contributed by atoms with Crippen LogP contribution in [0.25, 0.3) is 5.65 Å². The molecule has 1 aromatic carbocycles. The second-order valence-electron chi connectivity index (χ2n) is 7.48. The van der Waals surface area contributed by atoms with Crippen molar-refractivity contribution in [3.8, 4) is 0 Å². The fourth-order valence-corrected chi connectivity index (χ4v) is 4.16. The Morgan fingerprint density at radius 1 is 0.862 bits per heavy atom. The van der Waals surface area contributed by atoms with Crippen molar-refractivity contribution >= 4 is 22.9 Å². The molecule has 0 spiro atoms. The third-order valence-electron chi connectivity index (χ3n) is 5.79. The van der Waals surface area contributed by atoms with Gasteiger partial charge < -0.3 is 23.8 Å². The van der Waals surface area contributed by atoms with Crippen molar-refractivity contribution in [1.82, 2.24) is 14.3 Å². The molecule has 1 amide bonds. The van der Waals surface area contributed by atoms with Crippen molar-refractivity contribution in [2.24, 2.45) is 0 Å². The first-order valence-corrected chi connectivity index (χ1v) is 10.2. The number of hydrogen-bond donors (Lipinski definition) is 0. The van der Waals surface area contributed by atoms with Gasteiger partial charge in [0.25, 0.3) is 5.91 Å². The second kappa shape index (κ2) is 7.75. The number of rotatable bonds is 3. The predicted octanol–water partition coefficient (Wildman–Crippen LogP) is 2.13. The summed E-state index contributed by atoms with van der Waals surface area (Å²) in [6.45, 7) is 6.52. The zero-order chi connectivity index (χ0) is 19.6. The molecule has 4 heterocycles. The average Bonchev–Trinajstić information content (AvgIpc) is 3.28. The van der Waals surface area contributed by atoms with Gasteiger partial charge in [-0.1, -0.05) is 6.07 Å². The van der Waals surface area contributed by atoms with Crippen LogP contribution in [0, 0.1) is 0 Å². The molecular weight excluding hydrogens is 366 g/mol.